The van der Waals surface area contributed by atoms with Gasteiger partial charge in [-0.05, 0) is 74.0 Å². The summed E-state index contributed by atoms with van der Waals surface area (Å²) in [7, 11) is 2.27. The summed E-state index contributed by atoms with van der Waals surface area (Å²) < 4.78 is 2.11. The molecule has 3 aliphatic heterocycles. The highest BCUT2D eigenvalue weighted by Crippen LogP contribution is 2.33. The van der Waals surface area contributed by atoms with Crippen LogP contribution in [0.2, 0.25) is 0 Å². The van der Waals surface area contributed by atoms with Crippen molar-refractivity contribution in [2.45, 2.75) is 31.5 Å². The lowest BCUT2D eigenvalue weighted by molar-refractivity contribution is -0.0111. The lowest BCUT2D eigenvalue weighted by Crippen LogP contribution is -2.60. The van der Waals surface area contributed by atoms with Gasteiger partial charge in [0, 0.05) is 54.7 Å². The van der Waals surface area contributed by atoms with E-state index >= 15 is 0 Å². The second kappa shape index (κ2) is 13.8. The quantitative estimate of drug-likeness (QED) is 0.199. The molecule has 0 aliphatic carbocycles. The van der Waals surface area contributed by atoms with Gasteiger partial charge in [-0.15, -0.1) is 0 Å². The summed E-state index contributed by atoms with van der Waals surface area (Å²) in [5.74, 6) is 1.03. The Labute approximate surface area is 284 Å². The van der Waals surface area contributed by atoms with Gasteiger partial charge in [0.05, 0.1) is 16.8 Å². The van der Waals surface area contributed by atoms with Crippen LogP contribution in [0.3, 0.4) is 0 Å². The number of fused-ring (bicyclic) bond motifs is 4. The second-order valence-corrected chi connectivity index (χ2v) is 12.6. The molecule has 3 aliphatic rings. The molecule has 246 valence electrons. The zero-order valence-electron chi connectivity index (χ0n) is 27.2. The number of nitrogens with two attached hydrogens (primary N) is 1. The van der Waals surface area contributed by atoms with Gasteiger partial charge >= 0.3 is 0 Å². The predicted molar refractivity (Wildman–Crippen MR) is 191 cm³/mol. The Morgan fingerprint density at radius 1 is 0.857 bits per heavy atom. The van der Waals surface area contributed by atoms with E-state index < -0.39 is 0 Å². The van der Waals surface area contributed by atoms with Gasteiger partial charge < -0.3 is 15.7 Å². The first-order valence-electron chi connectivity index (χ1n) is 16.3. The van der Waals surface area contributed by atoms with Gasteiger partial charge in [0.1, 0.15) is 23.4 Å². The van der Waals surface area contributed by atoms with E-state index in [9.17, 15) is 9.59 Å². The number of hydrogen-bond acceptors (Lipinski definition) is 9. The van der Waals surface area contributed by atoms with Crippen LogP contribution in [0.1, 0.15) is 39.1 Å². The number of benzene rings is 3. The maximum absolute atomic E-state index is 10.2. The number of phenols is 1. The number of piperazine rings is 1. The summed E-state index contributed by atoms with van der Waals surface area (Å²) >= 11 is 0. The number of phenolic OH excluding ortho intramolecular Hbond substituents is 1. The number of aldehydes is 2. The molecular weight excluding hydrogens is 614 g/mol. The van der Waals surface area contributed by atoms with Crippen LogP contribution in [-0.2, 0) is 6.54 Å². The summed E-state index contributed by atoms with van der Waals surface area (Å²) in [5, 5.41) is 9.03. The number of pyridine rings is 2. The zero-order chi connectivity index (χ0) is 33.9. The maximum atomic E-state index is 10.2. The molecule has 3 saturated heterocycles. The van der Waals surface area contributed by atoms with Crippen LogP contribution in [0.5, 0.6) is 5.75 Å². The molecule has 2 unspecified atom stereocenters. The third-order valence-electron chi connectivity index (χ3n) is 9.47. The van der Waals surface area contributed by atoms with E-state index in [1.165, 1.54) is 43.1 Å². The summed E-state index contributed by atoms with van der Waals surface area (Å²) in [5.41, 5.74) is 13.6. The van der Waals surface area contributed by atoms with Gasteiger partial charge in [0.15, 0.2) is 17.8 Å². The number of carbonyl (C=O) groups excluding carboxylic acids is 2. The molecule has 49 heavy (non-hydrogen) atoms. The Balaban J connectivity index is 0.000000295. The smallest absolute Gasteiger partial charge is 0.165 e. The molecule has 6 heterocycles. The molecule has 3 fully saturated rings. The van der Waals surface area contributed by atoms with Crippen molar-refractivity contribution >= 4 is 29.6 Å². The first-order chi connectivity index (χ1) is 23.9. The highest BCUT2D eigenvalue weighted by Gasteiger charge is 2.36. The number of piperidine rings is 2. The number of aromatic nitrogens is 4. The average molecular weight is 652 g/mol. The van der Waals surface area contributed by atoms with Crippen molar-refractivity contribution in [2.24, 2.45) is 0 Å². The van der Waals surface area contributed by atoms with Crippen LogP contribution in [0, 0.1) is 0 Å². The molecule has 10 heteroatoms. The Bertz CT molecular complexity index is 2110. The summed E-state index contributed by atoms with van der Waals surface area (Å²) in [6.07, 6.45) is 5.47. The Kier molecular flexibility index (Phi) is 8.97. The number of imidazole rings is 1. The molecule has 2 bridgehead atoms. The number of nitrogen functional groups attached to an aromatic ring is 1. The van der Waals surface area contributed by atoms with Gasteiger partial charge in [-0.25, -0.2) is 15.0 Å². The Hall–Kier alpha value is -5.71. The Morgan fingerprint density at radius 2 is 1.65 bits per heavy atom. The molecular formula is C39H37N7O3. The van der Waals surface area contributed by atoms with Gasteiger partial charge in [-0.2, -0.15) is 0 Å². The number of anilines is 1. The van der Waals surface area contributed by atoms with Crippen LogP contribution in [0.4, 0.5) is 5.82 Å². The van der Waals surface area contributed by atoms with Crippen LogP contribution in [-0.4, -0.2) is 79.2 Å². The molecule has 10 nitrogen and oxygen atoms in total. The van der Waals surface area contributed by atoms with Gasteiger partial charge in [0.2, 0.25) is 0 Å². The van der Waals surface area contributed by atoms with Crippen molar-refractivity contribution in [3.8, 4) is 34.1 Å². The third-order valence-corrected chi connectivity index (χ3v) is 9.47. The molecule has 3 N–H and O–H groups in total. The van der Waals surface area contributed by atoms with E-state index in [2.05, 4.69) is 62.8 Å². The number of aromatic hydroxyl groups is 1. The molecule has 0 amide bonds. The van der Waals surface area contributed by atoms with Gasteiger partial charge in [-0.3, -0.25) is 19.1 Å². The van der Waals surface area contributed by atoms with Crippen LogP contribution >= 0.6 is 0 Å². The lowest BCUT2D eigenvalue weighted by Gasteiger charge is -2.50. The van der Waals surface area contributed by atoms with E-state index in [4.69, 9.17) is 20.8 Å². The van der Waals surface area contributed by atoms with Crippen molar-refractivity contribution in [2.75, 3.05) is 25.9 Å². The predicted octanol–water partition coefficient (Wildman–Crippen LogP) is 6.03. The fourth-order valence-electron chi connectivity index (χ4n) is 6.80. The molecule has 2 atom stereocenters. The molecule has 9 rings (SSSR count). The van der Waals surface area contributed by atoms with Crippen molar-refractivity contribution in [3.05, 3.63) is 120 Å². The van der Waals surface area contributed by atoms with E-state index in [0.717, 1.165) is 52.6 Å². The maximum Gasteiger partial charge on any atom is 0.165 e. The minimum atomic E-state index is -0.162. The van der Waals surface area contributed by atoms with Crippen molar-refractivity contribution in [1.82, 2.24) is 29.3 Å². The van der Waals surface area contributed by atoms with Crippen molar-refractivity contribution in [3.63, 3.8) is 0 Å². The van der Waals surface area contributed by atoms with Crippen LogP contribution in [0.15, 0.2) is 103 Å². The highest BCUT2D eigenvalue weighted by molar-refractivity contribution is 5.85. The molecule has 6 aromatic rings. The van der Waals surface area contributed by atoms with E-state index in [1.54, 1.807) is 6.20 Å². The Morgan fingerprint density at radius 3 is 2.33 bits per heavy atom. The minimum absolute atomic E-state index is 0.162. The summed E-state index contributed by atoms with van der Waals surface area (Å²) in [6.45, 7) is 3.32. The number of likely N-dealkylation sites (N-methyl/N-ethyl adjacent to an activating group) is 1. The number of hydrogen-bond donors (Lipinski definition) is 2. The fourth-order valence-corrected chi connectivity index (χ4v) is 6.80. The van der Waals surface area contributed by atoms with Gasteiger partial charge in [0.25, 0.3) is 0 Å². The first kappa shape index (κ1) is 31.9. The average Bonchev–Trinajstić information content (AvgIpc) is 3.52. The molecule has 3 aromatic heterocycles. The molecule has 0 spiro atoms. The molecule has 3 aromatic carbocycles. The van der Waals surface area contributed by atoms with E-state index in [-0.39, 0.29) is 11.3 Å². The largest absolute Gasteiger partial charge is 0.507 e. The number of carbonyl (C=O) groups is 2. The van der Waals surface area contributed by atoms with E-state index in [1.807, 2.05) is 42.5 Å². The highest BCUT2D eigenvalue weighted by atomic mass is 16.3. The molecule has 0 saturated carbocycles. The van der Waals surface area contributed by atoms with Crippen LogP contribution < -0.4 is 5.73 Å². The van der Waals surface area contributed by atoms with E-state index in [0.29, 0.717) is 36.0 Å². The summed E-state index contributed by atoms with van der Waals surface area (Å²) in [6, 6.07) is 32.5. The van der Waals surface area contributed by atoms with Crippen molar-refractivity contribution in [1.29, 1.82) is 0 Å². The topological polar surface area (TPSA) is 130 Å². The van der Waals surface area contributed by atoms with Gasteiger partial charge in [-0.1, -0.05) is 48.5 Å². The minimum Gasteiger partial charge on any atom is -0.507 e. The lowest BCUT2D eigenvalue weighted by atomic mass is 9.91. The molecule has 0 radical (unpaired) electrons. The fraction of sp³-hybridized carbons (Fsp3) is 0.205. The zero-order valence-corrected chi connectivity index (χ0v) is 27.2. The standard InChI is InChI=1S/C31H31N7.C8H6O3/c1-36-19-25-14-13-24(36)20-37(25)18-21-9-11-23(12-10-21)38-30(26-8-5-17-33-29(26)32)35-28-16-15-27(34-31(28)38)22-6-3-2-4-7-22;9-4-6-1-2-7(5-10)8(11)3-6/h2-12,15-17,24-25H,13-14,18-20H2,1H3,(H2,32,33);1-5,11H. The monoisotopic (exact) mass is 651 g/mol. The summed E-state index contributed by atoms with van der Waals surface area (Å²) in [4.78, 5) is 39.9. The number of rotatable bonds is 7. The first-order valence-corrected chi connectivity index (χ1v) is 16.3. The second-order valence-electron chi connectivity index (χ2n) is 12.6. The van der Waals surface area contributed by atoms with Crippen LogP contribution in [0.25, 0.3) is 39.5 Å². The number of nitrogens with zero attached hydrogens (tertiary/aromatic N) is 6. The third kappa shape index (κ3) is 6.56. The normalized spacial score (nSPS) is 17.4. The SMILES string of the molecule is CN1CC2CCC1CN2Cc1ccc(-n2c(-c3cccnc3N)nc3ccc(-c4ccccc4)nc32)cc1.O=Cc1ccc(C=O)c(O)c1. The van der Waals surface area contributed by atoms with Crippen molar-refractivity contribution < 1.29 is 14.7 Å².